The van der Waals surface area contributed by atoms with Crippen molar-refractivity contribution in [3.63, 3.8) is 0 Å². The highest BCUT2D eigenvalue weighted by Gasteiger charge is 2.32. The first-order chi connectivity index (χ1) is 8.66. The van der Waals surface area contributed by atoms with Crippen LogP contribution in [0.15, 0.2) is 30.3 Å². The summed E-state index contributed by atoms with van der Waals surface area (Å²) in [7, 11) is 0. The van der Waals surface area contributed by atoms with Gasteiger partial charge in [-0.2, -0.15) is 0 Å². The molecular formula is C14H18O4. The molecule has 0 aromatic heterocycles. The first-order valence-corrected chi connectivity index (χ1v) is 6.23. The molecule has 0 saturated heterocycles. The first kappa shape index (κ1) is 13.1. The molecule has 0 radical (unpaired) electrons. The van der Waals surface area contributed by atoms with Crippen LogP contribution in [0.2, 0.25) is 0 Å². The quantitative estimate of drug-likeness (QED) is 0.792. The van der Waals surface area contributed by atoms with Crippen molar-refractivity contribution in [3.05, 3.63) is 35.9 Å². The van der Waals surface area contributed by atoms with E-state index in [0.717, 1.165) is 5.56 Å². The molecule has 1 fully saturated rings. The fourth-order valence-corrected chi connectivity index (χ4v) is 2.19. The minimum absolute atomic E-state index is 0.259. The van der Waals surface area contributed by atoms with Crippen molar-refractivity contribution >= 4 is 5.97 Å². The monoisotopic (exact) mass is 250 g/mol. The van der Waals surface area contributed by atoms with E-state index in [4.69, 9.17) is 4.74 Å². The number of ether oxygens (including phenoxy) is 1. The number of aliphatic hydroxyl groups is 2. The molecule has 3 unspecified atom stereocenters. The molecule has 0 aliphatic heterocycles. The van der Waals surface area contributed by atoms with Crippen LogP contribution in [0.1, 0.15) is 24.8 Å². The van der Waals surface area contributed by atoms with E-state index in [2.05, 4.69) is 0 Å². The summed E-state index contributed by atoms with van der Waals surface area (Å²) in [4.78, 5) is 11.8. The fourth-order valence-electron chi connectivity index (χ4n) is 2.19. The van der Waals surface area contributed by atoms with Gasteiger partial charge in [-0.05, 0) is 24.8 Å². The summed E-state index contributed by atoms with van der Waals surface area (Å²) in [6.45, 7) is 0.259. The Balaban J connectivity index is 1.82. The van der Waals surface area contributed by atoms with E-state index in [1.54, 1.807) is 0 Å². The van der Waals surface area contributed by atoms with E-state index in [0.29, 0.717) is 12.8 Å². The van der Waals surface area contributed by atoms with Crippen LogP contribution in [0.5, 0.6) is 0 Å². The van der Waals surface area contributed by atoms with Crippen LogP contribution in [-0.2, 0) is 16.1 Å². The third kappa shape index (κ3) is 3.31. The zero-order chi connectivity index (χ0) is 13.0. The van der Waals surface area contributed by atoms with Crippen LogP contribution >= 0.6 is 0 Å². The van der Waals surface area contributed by atoms with Crippen LogP contribution in [0, 0.1) is 5.92 Å². The number of hydrogen-bond acceptors (Lipinski definition) is 4. The molecule has 1 aromatic carbocycles. The number of hydrogen-bond donors (Lipinski definition) is 2. The van der Waals surface area contributed by atoms with Gasteiger partial charge in [0.2, 0.25) is 0 Å². The summed E-state index contributed by atoms with van der Waals surface area (Å²) in [5, 5.41) is 18.9. The van der Waals surface area contributed by atoms with Gasteiger partial charge in [-0.3, -0.25) is 4.79 Å². The molecule has 4 heteroatoms. The lowest BCUT2D eigenvalue weighted by Crippen LogP contribution is -2.36. The van der Waals surface area contributed by atoms with Gasteiger partial charge in [0.25, 0.3) is 0 Å². The van der Waals surface area contributed by atoms with E-state index < -0.39 is 12.2 Å². The summed E-state index contributed by atoms with van der Waals surface area (Å²) >= 11 is 0. The zero-order valence-corrected chi connectivity index (χ0v) is 10.2. The number of carbonyl (C=O) groups is 1. The lowest BCUT2D eigenvalue weighted by molar-refractivity contribution is -0.154. The lowest BCUT2D eigenvalue weighted by atomic mass is 9.85. The third-order valence-corrected chi connectivity index (χ3v) is 3.34. The molecular weight excluding hydrogens is 232 g/mol. The molecule has 2 rings (SSSR count). The van der Waals surface area contributed by atoms with Crippen LogP contribution in [0.4, 0.5) is 0 Å². The van der Waals surface area contributed by atoms with Crippen molar-refractivity contribution in [2.45, 2.75) is 38.1 Å². The SMILES string of the molecule is O=C(OCc1ccccc1)C1CCC(O)C(O)C1. The predicted molar refractivity (Wildman–Crippen MR) is 65.6 cm³/mol. The maximum absolute atomic E-state index is 11.8. The van der Waals surface area contributed by atoms with Crippen LogP contribution in [-0.4, -0.2) is 28.4 Å². The van der Waals surface area contributed by atoms with Gasteiger partial charge in [-0.15, -0.1) is 0 Å². The largest absolute Gasteiger partial charge is 0.461 e. The number of esters is 1. The molecule has 2 N–H and O–H groups in total. The molecule has 1 aromatic rings. The molecule has 0 heterocycles. The highest BCUT2D eigenvalue weighted by atomic mass is 16.5. The molecule has 1 aliphatic rings. The number of benzene rings is 1. The highest BCUT2D eigenvalue weighted by Crippen LogP contribution is 2.26. The van der Waals surface area contributed by atoms with E-state index in [9.17, 15) is 15.0 Å². The molecule has 0 bridgehead atoms. The Hall–Kier alpha value is -1.39. The van der Waals surface area contributed by atoms with Crippen molar-refractivity contribution in [2.24, 2.45) is 5.92 Å². The molecule has 4 nitrogen and oxygen atoms in total. The molecule has 3 atom stereocenters. The summed E-state index contributed by atoms with van der Waals surface area (Å²) in [6.07, 6.45) is -0.205. The van der Waals surface area contributed by atoms with Crippen molar-refractivity contribution in [2.75, 3.05) is 0 Å². The smallest absolute Gasteiger partial charge is 0.309 e. The van der Waals surface area contributed by atoms with Gasteiger partial charge < -0.3 is 14.9 Å². The molecule has 1 saturated carbocycles. The van der Waals surface area contributed by atoms with Crippen molar-refractivity contribution in [3.8, 4) is 0 Å². The zero-order valence-electron chi connectivity index (χ0n) is 10.2. The van der Waals surface area contributed by atoms with Crippen LogP contribution in [0.25, 0.3) is 0 Å². The Kier molecular flexibility index (Phi) is 4.33. The van der Waals surface area contributed by atoms with Crippen molar-refractivity contribution < 1.29 is 19.7 Å². The maximum atomic E-state index is 11.8. The van der Waals surface area contributed by atoms with Crippen LogP contribution < -0.4 is 0 Å². The summed E-state index contributed by atoms with van der Waals surface area (Å²) in [5.41, 5.74) is 0.947. The Labute approximate surface area is 106 Å². The summed E-state index contributed by atoms with van der Waals surface area (Å²) in [5.74, 6) is -0.586. The minimum atomic E-state index is -0.812. The van der Waals surface area contributed by atoms with E-state index in [-0.39, 0.29) is 24.9 Å². The average Bonchev–Trinajstić information content (AvgIpc) is 2.40. The second-order valence-electron chi connectivity index (χ2n) is 4.74. The average molecular weight is 250 g/mol. The Morgan fingerprint density at radius 1 is 1.17 bits per heavy atom. The Morgan fingerprint density at radius 3 is 2.56 bits per heavy atom. The van der Waals surface area contributed by atoms with E-state index in [1.165, 1.54) is 0 Å². The standard InChI is InChI=1S/C14H18O4/c15-12-7-6-11(8-13(12)16)14(17)18-9-10-4-2-1-3-5-10/h1-5,11-13,15-16H,6-9H2. The second-order valence-corrected chi connectivity index (χ2v) is 4.74. The van der Waals surface area contributed by atoms with Gasteiger partial charge >= 0.3 is 5.97 Å². The molecule has 1 aliphatic carbocycles. The summed E-state index contributed by atoms with van der Waals surface area (Å²) < 4.78 is 5.22. The van der Waals surface area contributed by atoms with Gasteiger partial charge in [0, 0.05) is 0 Å². The second kappa shape index (κ2) is 5.98. The minimum Gasteiger partial charge on any atom is -0.461 e. The van der Waals surface area contributed by atoms with Gasteiger partial charge in [0.05, 0.1) is 18.1 Å². The number of aliphatic hydroxyl groups excluding tert-OH is 2. The normalized spacial score (nSPS) is 27.8. The van der Waals surface area contributed by atoms with Crippen molar-refractivity contribution in [1.29, 1.82) is 0 Å². The van der Waals surface area contributed by atoms with Crippen LogP contribution in [0.3, 0.4) is 0 Å². The van der Waals surface area contributed by atoms with E-state index in [1.807, 2.05) is 30.3 Å². The number of rotatable bonds is 3. The fraction of sp³-hybridized carbons (Fsp3) is 0.500. The Morgan fingerprint density at radius 2 is 1.89 bits per heavy atom. The van der Waals surface area contributed by atoms with Gasteiger partial charge in [-0.1, -0.05) is 30.3 Å². The molecule has 0 spiro atoms. The topological polar surface area (TPSA) is 66.8 Å². The predicted octanol–water partition coefficient (Wildman–Crippen LogP) is 1.25. The Bertz CT molecular complexity index is 390. The molecule has 0 amide bonds. The van der Waals surface area contributed by atoms with Crippen molar-refractivity contribution in [1.82, 2.24) is 0 Å². The highest BCUT2D eigenvalue weighted by molar-refractivity contribution is 5.72. The first-order valence-electron chi connectivity index (χ1n) is 6.23. The van der Waals surface area contributed by atoms with E-state index >= 15 is 0 Å². The van der Waals surface area contributed by atoms with Gasteiger partial charge in [0.15, 0.2) is 0 Å². The number of carbonyl (C=O) groups excluding carboxylic acids is 1. The molecule has 18 heavy (non-hydrogen) atoms. The van der Waals surface area contributed by atoms with Gasteiger partial charge in [0.1, 0.15) is 6.61 Å². The molecule has 98 valence electrons. The lowest BCUT2D eigenvalue weighted by Gasteiger charge is -2.28. The summed E-state index contributed by atoms with van der Waals surface area (Å²) in [6, 6.07) is 9.48. The maximum Gasteiger partial charge on any atom is 0.309 e. The third-order valence-electron chi connectivity index (χ3n) is 3.34. The van der Waals surface area contributed by atoms with Gasteiger partial charge in [-0.25, -0.2) is 0 Å².